The largest absolute Gasteiger partial charge is 0.508 e. The summed E-state index contributed by atoms with van der Waals surface area (Å²) in [4.78, 5) is 15.8. The van der Waals surface area contributed by atoms with Gasteiger partial charge in [-0.2, -0.15) is 0 Å². The van der Waals surface area contributed by atoms with Crippen molar-refractivity contribution in [2.45, 2.75) is 39.5 Å². The summed E-state index contributed by atoms with van der Waals surface area (Å²) in [6.45, 7) is 7.15. The molecule has 0 bridgehead atoms. The number of fused-ring (bicyclic) bond motifs is 2. The molecule has 8 heteroatoms. The fourth-order valence-electron chi connectivity index (χ4n) is 4.95. The quantitative estimate of drug-likeness (QED) is 0.403. The molecule has 182 valence electrons. The Hall–Kier alpha value is -3.39. The molecular weight excluding hydrogens is 450 g/mol. The van der Waals surface area contributed by atoms with Crippen LogP contribution >= 0.6 is 0 Å². The summed E-state index contributed by atoms with van der Waals surface area (Å²) in [7, 11) is 0. The fraction of sp³-hybridized carbons (Fsp3) is 0.370. The van der Waals surface area contributed by atoms with Crippen LogP contribution < -0.4 is 4.90 Å². The molecule has 6 nitrogen and oxygen atoms in total. The van der Waals surface area contributed by atoms with Gasteiger partial charge in [0, 0.05) is 43.3 Å². The Morgan fingerprint density at radius 3 is 2.66 bits per heavy atom. The van der Waals surface area contributed by atoms with E-state index in [1.54, 1.807) is 18.3 Å². The Kier molecular flexibility index (Phi) is 6.01. The number of phenolic OH excluding ortho intramolecular Hbond substituents is 1. The normalized spacial score (nSPS) is 16.2. The maximum atomic E-state index is 16.2. The van der Waals surface area contributed by atoms with Crippen molar-refractivity contribution >= 4 is 27.5 Å². The van der Waals surface area contributed by atoms with Crippen LogP contribution in [-0.4, -0.2) is 44.9 Å². The van der Waals surface area contributed by atoms with Crippen molar-refractivity contribution in [2.75, 3.05) is 24.6 Å². The first-order valence-corrected chi connectivity index (χ1v) is 12.0. The van der Waals surface area contributed by atoms with E-state index in [0.29, 0.717) is 58.4 Å². The van der Waals surface area contributed by atoms with Crippen molar-refractivity contribution in [3.63, 3.8) is 0 Å². The first-order valence-electron chi connectivity index (χ1n) is 12.0. The topological polar surface area (TPSA) is 82.4 Å². The number of phenols is 1. The number of aliphatic hydroxyl groups excluding tert-OH is 1. The SMILES string of the molecule is CCc1c(F)ccc2cc(O)cc(-c3ncc4c(N5CC[C@H](CO)C5)nc(C(C)C)nc4c3F)c12. The molecular formula is C27H28F2N4O2. The Labute approximate surface area is 202 Å². The van der Waals surface area contributed by atoms with Crippen molar-refractivity contribution in [3.05, 3.63) is 53.5 Å². The summed E-state index contributed by atoms with van der Waals surface area (Å²) in [5.74, 6) is 0.149. The zero-order chi connectivity index (χ0) is 24.9. The van der Waals surface area contributed by atoms with E-state index in [1.807, 2.05) is 25.7 Å². The minimum Gasteiger partial charge on any atom is -0.508 e. The number of aromatic nitrogens is 3. The highest BCUT2D eigenvalue weighted by atomic mass is 19.1. The second-order valence-corrected chi connectivity index (χ2v) is 9.50. The number of hydrogen-bond donors (Lipinski definition) is 2. The highest BCUT2D eigenvalue weighted by Crippen LogP contribution is 2.39. The average molecular weight is 479 g/mol. The second-order valence-electron chi connectivity index (χ2n) is 9.50. The lowest BCUT2D eigenvalue weighted by atomic mass is 9.94. The highest BCUT2D eigenvalue weighted by molar-refractivity contribution is 6.01. The number of rotatable bonds is 5. The molecule has 0 aliphatic carbocycles. The Morgan fingerprint density at radius 1 is 1.17 bits per heavy atom. The van der Waals surface area contributed by atoms with Crippen LogP contribution in [0, 0.1) is 17.6 Å². The Bertz CT molecular complexity index is 1440. The minimum atomic E-state index is -0.635. The average Bonchev–Trinajstić information content (AvgIpc) is 3.33. The van der Waals surface area contributed by atoms with Crippen LogP contribution in [0.3, 0.4) is 0 Å². The Balaban J connectivity index is 1.78. The van der Waals surface area contributed by atoms with Crippen LogP contribution in [0.1, 0.15) is 44.5 Å². The molecule has 1 fully saturated rings. The molecule has 2 aromatic carbocycles. The zero-order valence-corrected chi connectivity index (χ0v) is 20.0. The summed E-state index contributed by atoms with van der Waals surface area (Å²) < 4.78 is 30.9. The van der Waals surface area contributed by atoms with Crippen LogP contribution in [-0.2, 0) is 6.42 Å². The van der Waals surface area contributed by atoms with Gasteiger partial charge in [0.05, 0.1) is 5.39 Å². The van der Waals surface area contributed by atoms with Gasteiger partial charge in [-0.25, -0.2) is 18.7 Å². The van der Waals surface area contributed by atoms with Crippen LogP contribution in [0.25, 0.3) is 32.9 Å². The lowest BCUT2D eigenvalue weighted by Crippen LogP contribution is -2.23. The maximum Gasteiger partial charge on any atom is 0.175 e. The minimum absolute atomic E-state index is 0.00714. The molecule has 0 spiro atoms. The molecule has 2 N–H and O–H groups in total. The monoisotopic (exact) mass is 478 g/mol. The number of aromatic hydroxyl groups is 1. The van der Waals surface area contributed by atoms with Crippen molar-refractivity contribution in [1.29, 1.82) is 0 Å². The van der Waals surface area contributed by atoms with Gasteiger partial charge in [-0.15, -0.1) is 0 Å². The van der Waals surface area contributed by atoms with Crippen LogP contribution in [0.15, 0.2) is 30.5 Å². The molecule has 1 saturated heterocycles. The van der Waals surface area contributed by atoms with Gasteiger partial charge in [-0.3, -0.25) is 4.98 Å². The van der Waals surface area contributed by atoms with Gasteiger partial charge >= 0.3 is 0 Å². The van der Waals surface area contributed by atoms with Crippen LogP contribution in [0.2, 0.25) is 0 Å². The lowest BCUT2D eigenvalue weighted by molar-refractivity contribution is 0.238. The third-order valence-electron chi connectivity index (χ3n) is 6.80. The molecule has 0 amide bonds. The third-order valence-corrected chi connectivity index (χ3v) is 6.80. The summed E-state index contributed by atoms with van der Waals surface area (Å²) in [5.41, 5.74) is 0.912. The number of pyridine rings is 1. The summed E-state index contributed by atoms with van der Waals surface area (Å²) in [6, 6.07) is 5.90. The first-order chi connectivity index (χ1) is 16.8. The number of hydrogen-bond acceptors (Lipinski definition) is 6. The van der Waals surface area contributed by atoms with Crippen molar-refractivity contribution in [3.8, 4) is 17.0 Å². The number of anilines is 1. The smallest absolute Gasteiger partial charge is 0.175 e. The molecule has 1 atom stereocenters. The molecule has 0 unspecified atom stereocenters. The predicted molar refractivity (Wildman–Crippen MR) is 133 cm³/mol. The molecule has 4 aromatic rings. The lowest BCUT2D eigenvalue weighted by Gasteiger charge is -2.21. The highest BCUT2D eigenvalue weighted by Gasteiger charge is 2.27. The Morgan fingerprint density at radius 2 is 1.97 bits per heavy atom. The third kappa shape index (κ3) is 3.95. The molecule has 2 aromatic heterocycles. The van der Waals surface area contributed by atoms with Crippen molar-refractivity contribution in [2.24, 2.45) is 5.92 Å². The number of aliphatic hydroxyl groups is 1. The van der Waals surface area contributed by atoms with E-state index in [-0.39, 0.29) is 41.2 Å². The molecule has 0 saturated carbocycles. The molecule has 1 aliphatic heterocycles. The fourth-order valence-corrected chi connectivity index (χ4v) is 4.95. The predicted octanol–water partition coefficient (Wildman–Crippen LogP) is 5.33. The molecule has 5 rings (SSSR count). The van der Waals surface area contributed by atoms with Crippen molar-refractivity contribution in [1.82, 2.24) is 15.0 Å². The number of halogens is 2. The number of aryl methyl sites for hydroxylation is 1. The van der Waals surface area contributed by atoms with Crippen LogP contribution in [0.5, 0.6) is 5.75 Å². The molecule has 0 radical (unpaired) electrons. The van der Waals surface area contributed by atoms with Gasteiger partial charge in [0.1, 0.15) is 34.4 Å². The van der Waals surface area contributed by atoms with E-state index >= 15 is 4.39 Å². The summed E-state index contributed by atoms with van der Waals surface area (Å²) in [5, 5.41) is 21.6. The van der Waals surface area contributed by atoms with E-state index in [0.717, 1.165) is 6.42 Å². The van der Waals surface area contributed by atoms with Gasteiger partial charge in [-0.05, 0) is 47.4 Å². The molecule has 1 aliphatic rings. The standard InChI is InChI=1S/C27H28F2N4O2/c1-4-18-21(28)6-5-16-9-17(35)10-19(22(16)18)24-23(29)25-20(11-30-24)27(32-26(31-25)14(2)3)33-8-7-15(12-33)13-34/h5-6,9-11,14-15,34-35H,4,7-8,12-13H2,1-3H3/t15-/m0/s1. The van der Waals surface area contributed by atoms with Gasteiger partial charge in [0.15, 0.2) is 5.82 Å². The van der Waals surface area contributed by atoms with Crippen molar-refractivity contribution < 1.29 is 19.0 Å². The van der Waals surface area contributed by atoms with E-state index < -0.39 is 5.82 Å². The van der Waals surface area contributed by atoms with Gasteiger partial charge in [-0.1, -0.05) is 26.8 Å². The van der Waals surface area contributed by atoms with E-state index in [4.69, 9.17) is 4.98 Å². The van der Waals surface area contributed by atoms with E-state index in [2.05, 4.69) is 9.97 Å². The summed E-state index contributed by atoms with van der Waals surface area (Å²) in [6.07, 6.45) is 2.79. The van der Waals surface area contributed by atoms with Crippen LogP contribution in [0.4, 0.5) is 14.6 Å². The molecule has 35 heavy (non-hydrogen) atoms. The zero-order valence-electron chi connectivity index (χ0n) is 20.0. The van der Waals surface area contributed by atoms with E-state index in [9.17, 15) is 14.6 Å². The maximum absolute atomic E-state index is 16.2. The molecule has 3 heterocycles. The summed E-state index contributed by atoms with van der Waals surface area (Å²) >= 11 is 0. The first kappa shape index (κ1) is 23.4. The van der Waals surface area contributed by atoms with Gasteiger partial charge < -0.3 is 15.1 Å². The number of nitrogens with zero attached hydrogens (tertiary/aromatic N) is 4. The van der Waals surface area contributed by atoms with E-state index in [1.165, 1.54) is 12.1 Å². The van der Waals surface area contributed by atoms with Gasteiger partial charge in [0.2, 0.25) is 0 Å². The number of benzene rings is 2. The van der Waals surface area contributed by atoms with Gasteiger partial charge in [0.25, 0.3) is 0 Å². The second kappa shape index (κ2) is 9.00.